The van der Waals surface area contributed by atoms with Gasteiger partial charge in [-0.05, 0) is 6.07 Å². The number of nitrogens with zero attached hydrogens (tertiary/aromatic N) is 6. The van der Waals surface area contributed by atoms with Crippen molar-refractivity contribution in [3.63, 3.8) is 0 Å². The van der Waals surface area contributed by atoms with Crippen molar-refractivity contribution >= 4 is 0 Å². The SMILES string of the molecule is N#Cc1cnn(-c2ncccn2)n1. The molecule has 0 N–H and O–H groups in total. The summed E-state index contributed by atoms with van der Waals surface area (Å²) in [5.74, 6) is 0.351. The lowest BCUT2D eigenvalue weighted by atomic mass is 10.6. The lowest BCUT2D eigenvalue weighted by Gasteiger charge is -1.93. The van der Waals surface area contributed by atoms with E-state index >= 15 is 0 Å². The highest BCUT2D eigenvalue weighted by Gasteiger charge is 2.02. The van der Waals surface area contributed by atoms with Crippen molar-refractivity contribution in [2.45, 2.75) is 0 Å². The molecule has 0 radical (unpaired) electrons. The average Bonchev–Trinajstić information content (AvgIpc) is 2.67. The van der Waals surface area contributed by atoms with Crippen LogP contribution in [0.25, 0.3) is 5.95 Å². The van der Waals surface area contributed by atoms with Crippen LogP contribution in [0.3, 0.4) is 0 Å². The van der Waals surface area contributed by atoms with Gasteiger partial charge in [0.1, 0.15) is 6.07 Å². The largest absolute Gasteiger partial charge is 0.268 e. The predicted molar refractivity (Wildman–Crippen MR) is 41.7 cm³/mol. The summed E-state index contributed by atoms with van der Waals surface area (Å²) in [4.78, 5) is 9.04. The van der Waals surface area contributed by atoms with E-state index in [1.54, 1.807) is 18.5 Å². The first-order chi connectivity index (χ1) is 6.40. The molecule has 0 spiro atoms. The standard InChI is InChI=1S/C7H4N6/c8-4-6-5-11-13(12-6)7-9-2-1-3-10-7/h1-3,5H. The van der Waals surface area contributed by atoms with Crippen LogP contribution < -0.4 is 0 Å². The van der Waals surface area contributed by atoms with E-state index in [1.807, 2.05) is 6.07 Å². The van der Waals surface area contributed by atoms with E-state index in [9.17, 15) is 0 Å². The second-order valence-corrected chi connectivity index (χ2v) is 2.18. The van der Waals surface area contributed by atoms with Crippen LogP contribution in [0.5, 0.6) is 0 Å². The molecule has 2 rings (SSSR count). The van der Waals surface area contributed by atoms with Gasteiger partial charge >= 0.3 is 0 Å². The summed E-state index contributed by atoms with van der Waals surface area (Å²) in [6, 6.07) is 3.56. The van der Waals surface area contributed by atoms with Crippen molar-refractivity contribution < 1.29 is 0 Å². The van der Waals surface area contributed by atoms with Gasteiger partial charge in [0.05, 0.1) is 6.20 Å². The van der Waals surface area contributed by atoms with E-state index in [0.29, 0.717) is 5.95 Å². The van der Waals surface area contributed by atoms with Gasteiger partial charge in [-0.25, -0.2) is 9.97 Å². The minimum Gasteiger partial charge on any atom is -0.218 e. The Morgan fingerprint density at radius 1 is 1.31 bits per heavy atom. The third-order valence-corrected chi connectivity index (χ3v) is 1.34. The van der Waals surface area contributed by atoms with Gasteiger partial charge in [0, 0.05) is 12.4 Å². The molecule has 0 atom stereocenters. The van der Waals surface area contributed by atoms with Crippen LogP contribution in [0.1, 0.15) is 5.69 Å². The van der Waals surface area contributed by atoms with Gasteiger partial charge < -0.3 is 0 Å². The van der Waals surface area contributed by atoms with E-state index in [2.05, 4.69) is 20.2 Å². The first-order valence-electron chi connectivity index (χ1n) is 3.50. The fraction of sp³-hybridized carbons (Fsp3) is 0. The Morgan fingerprint density at radius 2 is 2.08 bits per heavy atom. The van der Waals surface area contributed by atoms with Gasteiger partial charge in [-0.2, -0.15) is 10.4 Å². The normalized spacial score (nSPS) is 9.46. The first-order valence-corrected chi connectivity index (χ1v) is 3.50. The third kappa shape index (κ3) is 1.35. The molecule has 0 aliphatic heterocycles. The molecule has 2 aromatic rings. The van der Waals surface area contributed by atoms with Gasteiger partial charge in [0.15, 0.2) is 5.69 Å². The minimum absolute atomic E-state index is 0.243. The molecule has 0 aliphatic carbocycles. The molecular formula is C7H4N6. The zero-order valence-electron chi connectivity index (χ0n) is 6.49. The quantitative estimate of drug-likeness (QED) is 0.601. The summed E-state index contributed by atoms with van der Waals surface area (Å²) in [5.41, 5.74) is 0.243. The van der Waals surface area contributed by atoms with Crippen molar-refractivity contribution in [3.8, 4) is 12.0 Å². The molecule has 62 valence electrons. The second kappa shape index (κ2) is 2.98. The van der Waals surface area contributed by atoms with E-state index in [4.69, 9.17) is 5.26 Å². The van der Waals surface area contributed by atoms with Crippen LogP contribution in [0.2, 0.25) is 0 Å². The van der Waals surface area contributed by atoms with Crippen LogP contribution in [-0.2, 0) is 0 Å². The monoisotopic (exact) mass is 172 g/mol. The molecule has 2 aromatic heterocycles. The molecule has 0 bridgehead atoms. The molecule has 6 nitrogen and oxygen atoms in total. The number of nitriles is 1. The predicted octanol–water partition coefficient (Wildman–Crippen LogP) is -0.0710. The zero-order valence-corrected chi connectivity index (χ0v) is 6.49. The highest BCUT2D eigenvalue weighted by atomic mass is 15.5. The first kappa shape index (κ1) is 7.36. The molecule has 0 saturated heterocycles. The highest BCUT2D eigenvalue weighted by Crippen LogP contribution is 1.95. The molecule has 6 heteroatoms. The van der Waals surface area contributed by atoms with Crippen LogP contribution in [0.15, 0.2) is 24.7 Å². The highest BCUT2D eigenvalue weighted by molar-refractivity contribution is 5.15. The van der Waals surface area contributed by atoms with Gasteiger partial charge in [-0.3, -0.25) is 0 Å². The minimum atomic E-state index is 0.243. The molecular weight excluding hydrogens is 168 g/mol. The Hall–Kier alpha value is -2.29. The van der Waals surface area contributed by atoms with Crippen molar-refractivity contribution in [1.29, 1.82) is 5.26 Å². The Bertz CT molecular complexity index is 440. The maximum Gasteiger partial charge on any atom is 0.268 e. The fourth-order valence-electron chi connectivity index (χ4n) is 0.805. The molecule has 0 saturated carbocycles. The summed E-state index contributed by atoms with van der Waals surface area (Å²) in [6.45, 7) is 0. The van der Waals surface area contributed by atoms with Gasteiger partial charge in [0.2, 0.25) is 0 Å². The Kier molecular flexibility index (Phi) is 1.69. The molecule has 0 aromatic carbocycles. The lowest BCUT2D eigenvalue weighted by Crippen LogP contribution is -2.03. The summed E-state index contributed by atoms with van der Waals surface area (Å²) < 4.78 is 0. The van der Waals surface area contributed by atoms with E-state index in [-0.39, 0.29) is 5.69 Å². The zero-order chi connectivity index (χ0) is 9.10. The maximum absolute atomic E-state index is 8.49. The lowest BCUT2D eigenvalue weighted by molar-refractivity contribution is 0.701. The summed E-state index contributed by atoms with van der Waals surface area (Å²) in [5, 5.41) is 16.1. The Balaban J connectivity index is 2.43. The number of hydrogen-bond donors (Lipinski definition) is 0. The number of rotatable bonds is 1. The molecule has 2 heterocycles. The van der Waals surface area contributed by atoms with Crippen molar-refractivity contribution in [1.82, 2.24) is 25.0 Å². The van der Waals surface area contributed by atoms with E-state index in [1.165, 1.54) is 11.0 Å². The van der Waals surface area contributed by atoms with Crippen molar-refractivity contribution in [2.75, 3.05) is 0 Å². The Morgan fingerprint density at radius 3 is 2.69 bits per heavy atom. The van der Waals surface area contributed by atoms with Crippen LogP contribution in [0.4, 0.5) is 0 Å². The van der Waals surface area contributed by atoms with Gasteiger partial charge in [-0.15, -0.1) is 9.90 Å². The summed E-state index contributed by atoms with van der Waals surface area (Å²) >= 11 is 0. The maximum atomic E-state index is 8.49. The van der Waals surface area contributed by atoms with Crippen molar-refractivity contribution in [3.05, 3.63) is 30.4 Å². The Labute approximate surface area is 73.5 Å². The molecule has 0 unspecified atom stereocenters. The number of aromatic nitrogens is 5. The molecule has 0 amide bonds. The second-order valence-electron chi connectivity index (χ2n) is 2.18. The molecule has 0 fully saturated rings. The third-order valence-electron chi connectivity index (χ3n) is 1.34. The summed E-state index contributed by atoms with van der Waals surface area (Å²) in [7, 11) is 0. The smallest absolute Gasteiger partial charge is 0.218 e. The van der Waals surface area contributed by atoms with Crippen molar-refractivity contribution in [2.24, 2.45) is 0 Å². The summed E-state index contributed by atoms with van der Waals surface area (Å²) in [6.07, 6.45) is 4.52. The van der Waals surface area contributed by atoms with Crippen LogP contribution >= 0.6 is 0 Å². The van der Waals surface area contributed by atoms with Crippen LogP contribution in [-0.4, -0.2) is 25.0 Å². The van der Waals surface area contributed by atoms with Gasteiger partial charge in [-0.1, -0.05) is 0 Å². The van der Waals surface area contributed by atoms with Gasteiger partial charge in [0.25, 0.3) is 5.95 Å². The van der Waals surface area contributed by atoms with E-state index in [0.717, 1.165) is 0 Å². The number of hydrogen-bond acceptors (Lipinski definition) is 5. The van der Waals surface area contributed by atoms with E-state index < -0.39 is 0 Å². The average molecular weight is 172 g/mol. The molecule has 13 heavy (non-hydrogen) atoms. The van der Waals surface area contributed by atoms with Crippen LogP contribution in [0, 0.1) is 11.3 Å². The molecule has 0 aliphatic rings. The fourth-order valence-corrected chi connectivity index (χ4v) is 0.805. The topological polar surface area (TPSA) is 80.3 Å².